The van der Waals surface area contributed by atoms with Crippen LogP contribution in [0.1, 0.15) is 38.9 Å². The zero-order valence-corrected chi connectivity index (χ0v) is 19.5. The van der Waals surface area contributed by atoms with Gasteiger partial charge in [-0.3, -0.25) is 14.4 Å². The first-order valence-corrected chi connectivity index (χ1v) is 12.1. The Morgan fingerprint density at radius 1 is 1.16 bits per heavy atom. The second kappa shape index (κ2) is 9.25. The minimum atomic E-state index is -3.35. The third kappa shape index (κ3) is 5.08. The average Bonchev–Trinajstić information content (AvgIpc) is 2.73. The quantitative estimate of drug-likeness (QED) is 0.658. The molecule has 0 bridgehead atoms. The Kier molecular flexibility index (Phi) is 6.85. The fourth-order valence-electron chi connectivity index (χ4n) is 3.55. The number of amides is 2. The summed E-state index contributed by atoms with van der Waals surface area (Å²) in [6.45, 7) is 4.63. The first kappa shape index (κ1) is 23.7. The van der Waals surface area contributed by atoms with E-state index in [-0.39, 0.29) is 49.4 Å². The van der Waals surface area contributed by atoms with Crippen LogP contribution in [0.4, 0.5) is 0 Å². The van der Waals surface area contributed by atoms with Gasteiger partial charge in [0.25, 0.3) is 17.4 Å². The lowest BCUT2D eigenvalue weighted by molar-refractivity contribution is 0.0600. The van der Waals surface area contributed by atoms with Crippen LogP contribution in [-0.2, 0) is 23.1 Å². The van der Waals surface area contributed by atoms with E-state index < -0.39 is 21.5 Å². The van der Waals surface area contributed by atoms with Crippen molar-refractivity contribution in [2.75, 3.05) is 26.4 Å². The van der Waals surface area contributed by atoms with Gasteiger partial charge in [-0.2, -0.15) is 0 Å². The zero-order valence-electron chi connectivity index (χ0n) is 18.7. The second-order valence-electron chi connectivity index (χ2n) is 8.15. The molecule has 1 N–H and O–H groups in total. The maximum Gasteiger partial charge on any atom is 0.270 e. The largest absolute Gasteiger partial charge is 0.348 e. The van der Waals surface area contributed by atoms with Crippen molar-refractivity contribution in [3.05, 3.63) is 69.1 Å². The van der Waals surface area contributed by atoms with Gasteiger partial charge in [0.15, 0.2) is 0 Å². The number of nitrogens with one attached hydrogen (secondary N) is 1. The Bertz CT molecular complexity index is 1190. The average molecular weight is 461 g/mol. The van der Waals surface area contributed by atoms with Gasteiger partial charge < -0.3 is 14.8 Å². The van der Waals surface area contributed by atoms with E-state index in [1.165, 1.54) is 28.1 Å². The standard InChI is InChI=1S/C22H28N4O5S/c1-15-5-7-17(8-6-15)13-23-20(27)18-9-10-19-22(29)25(12-11-24(3)32(4,30)31)16(2)14-26(19)21(18)28/h5-10,16H,11-14H2,1-4H3,(H,23,27). The highest BCUT2D eigenvalue weighted by molar-refractivity contribution is 7.88. The summed E-state index contributed by atoms with van der Waals surface area (Å²) in [5.41, 5.74) is 1.68. The van der Waals surface area contributed by atoms with Crippen LogP contribution in [0.3, 0.4) is 0 Å². The van der Waals surface area contributed by atoms with Gasteiger partial charge in [0.05, 0.1) is 6.26 Å². The lowest BCUT2D eigenvalue weighted by Crippen LogP contribution is -2.52. The molecule has 1 atom stereocenters. The van der Waals surface area contributed by atoms with Crippen molar-refractivity contribution in [2.24, 2.45) is 0 Å². The molecule has 1 unspecified atom stereocenters. The van der Waals surface area contributed by atoms with Gasteiger partial charge in [0.2, 0.25) is 10.0 Å². The van der Waals surface area contributed by atoms with Crippen molar-refractivity contribution in [1.29, 1.82) is 0 Å². The van der Waals surface area contributed by atoms with E-state index in [2.05, 4.69) is 5.32 Å². The molecule has 1 aliphatic rings. The van der Waals surface area contributed by atoms with Gasteiger partial charge in [0.1, 0.15) is 11.3 Å². The van der Waals surface area contributed by atoms with Crippen LogP contribution < -0.4 is 10.9 Å². The number of hydrogen-bond donors (Lipinski definition) is 1. The molecule has 3 rings (SSSR count). The third-order valence-corrected chi connectivity index (χ3v) is 6.99. The van der Waals surface area contributed by atoms with Gasteiger partial charge in [-0.15, -0.1) is 0 Å². The van der Waals surface area contributed by atoms with Crippen LogP contribution >= 0.6 is 0 Å². The molecule has 0 saturated heterocycles. The zero-order chi connectivity index (χ0) is 23.6. The molecule has 1 aliphatic heterocycles. The topological polar surface area (TPSA) is 109 Å². The smallest absolute Gasteiger partial charge is 0.270 e. The number of aromatic nitrogens is 1. The molecular formula is C22H28N4O5S. The minimum Gasteiger partial charge on any atom is -0.348 e. The number of aryl methyl sites for hydroxylation is 1. The first-order chi connectivity index (χ1) is 15.0. The van der Waals surface area contributed by atoms with Crippen LogP contribution in [-0.4, -0.2) is 66.4 Å². The predicted octanol–water partition coefficient (Wildman–Crippen LogP) is 0.822. The molecule has 0 radical (unpaired) electrons. The Labute approximate surface area is 187 Å². The highest BCUT2D eigenvalue weighted by Crippen LogP contribution is 2.16. The molecule has 0 fully saturated rings. The Morgan fingerprint density at radius 3 is 2.44 bits per heavy atom. The van der Waals surface area contributed by atoms with Gasteiger partial charge >= 0.3 is 0 Å². The lowest BCUT2D eigenvalue weighted by atomic mass is 10.1. The minimum absolute atomic E-state index is 0.0221. The molecule has 0 spiro atoms. The fraction of sp³-hybridized carbons (Fsp3) is 0.409. The van der Waals surface area contributed by atoms with E-state index in [1.54, 1.807) is 11.8 Å². The molecule has 2 aromatic rings. The molecule has 10 heteroatoms. The number of sulfonamides is 1. The Balaban J connectivity index is 1.75. The van der Waals surface area contributed by atoms with Crippen LogP contribution in [0, 0.1) is 6.92 Å². The van der Waals surface area contributed by atoms with E-state index in [0.717, 1.165) is 17.4 Å². The van der Waals surface area contributed by atoms with Crippen molar-refractivity contribution in [3.8, 4) is 0 Å². The van der Waals surface area contributed by atoms with Crippen molar-refractivity contribution in [1.82, 2.24) is 19.1 Å². The number of nitrogens with zero attached hydrogens (tertiary/aromatic N) is 3. The number of likely N-dealkylation sites (N-methyl/N-ethyl adjacent to an activating group) is 1. The van der Waals surface area contributed by atoms with Crippen molar-refractivity contribution >= 4 is 21.8 Å². The van der Waals surface area contributed by atoms with E-state index >= 15 is 0 Å². The molecule has 2 heterocycles. The van der Waals surface area contributed by atoms with Crippen LogP contribution in [0.25, 0.3) is 0 Å². The summed E-state index contributed by atoms with van der Waals surface area (Å²) < 4.78 is 25.7. The second-order valence-corrected chi connectivity index (χ2v) is 10.2. The molecule has 172 valence electrons. The maximum atomic E-state index is 13.0. The van der Waals surface area contributed by atoms with Crippen LogP contribution in [0.15, 0.2) is 41.2 Å². The lowest BCUT2D eigenvalue weighted by Gasteiger charge is -2.36. The van der Waals surface area contributed by atoms with Crippen LogP contribution in [0.5, 0.6) is 0 Å². The number of carbonyl (C=O) groups is 2. The monoisotopic (exact) mass is 460 g/mol. The van der Waals surface area contributed by atoms with Gasteiger partial charge in [-0.1, -0.05) is 29.8 Å². The van der Waals surface area contributed by atoms with E-state index in [9.17, 15) is 22.8 Å². The molecule has 0 saturated carbocycles. The molecule has 32 heavy (non-hydrogen) atoms. The maximum absolute atomic E-state index is 13.0. The van der Waals surface area contributed by atoms with E-state index in [4.69, 9.17) is 0 Å². The number of benzene rings is 1. The summed E-state index contributed by atoms with van der Waals surface area (Å²) in [6, 6.07) is 10.2. The number of hydrogen-bond acceptors (Lipinski definition) is 5. The summed E-state index contributed by atoms with van der Waals surface area (Å²) >= 11 is 0. The summed E-state index contributed by atoms with van der Waals surface area (Å²) in [5.74, 6) is -0.863. The highest BCUT2D eigenvalue weighted by Gasteiger charge is 2.32. The number of fused-ring (bicyclic) bond motifs is 1. The Hall–Kier alpha value is -2.98. The van der Waals surface area contributed by atoms with Crippen molar-refractivity contribution < 1.29 is 18.0 Å². The molecule has 0 aliphatic carbocycles. The molecular weight excluding hydrogens is 432 g/mol. The van der Waals surface area contributed by atoms with Gasteiger partial charge in [-0.05, 0) is 31.5 Å². The van der Waals surface area contributed by atoms with Crippen molar-refractivity contribution in [3.63, 3.8) is 0 Å². The summed E-state index contributed by atoms with van der Waals surface area (Å²) in [5, 5.41) is 2.75. The van der Waals surface area contributed by atoms with E-state index in [0.29, 0.717) is 0 Å². The summed E-state index contributed by atoms with van der Waals surface area (Å²) in [4.78, 5) is 40.1. The molecule has 1 aromatic heterocycles. The fourth-order valence-corrected chi connectivity index (χ4v) is 3.96. The highest BCUT2D eigenvalue weighted by atomic mass is 32.2. The number of carbonyl (C=O) groups excluding carboxylic acids is 2. The Morgan fingerprint density at radius 2 is 1.81 bits per heavy atom. The molecule has 2 amide bonds. The van der Waals surface area contributed by atoms with Gasteiger partial charge in [0, 0.05) is 39.3 Å². The van der Waals surface area contributed by atoms with Crippen LogP contribution in [0.2, 0.25) is 0 Å². The molecule has 1 aromatic carbocycles. The summed E-state index contributed by atoms with van der Waals surface area (Å²) in [7, 11) is -1.90. The first-order valence-electron chi connectivity index (χ1n) is 10.3. The van der Waals surface area contributed by atoms with Crippen molar-refractivity contribution in [2.45, 2.75) is 33.0 Å². The normalized spacial score (nSPS) is 16.2. The SMILES string of the molecule is Cc1ccc(CNC(=O)c2ccc3n(c2=O)CC(C)N(CCN(C)S(C)(=O)=O)C3=O)cc1. The third-order valence-electron chi connectivity index (χ3n) is 5.67. The predicted molar refractivity (Wildman–Crippen MR) is 121 cm³/mol. The number of rotatable bonds is 7. The summed E-state index contributed by atoms with van der Waals surface area (Å²) in [6.07, 6.45) is 1.11. The molecule has 9 nitrogen and oxygen atoms in total. The van der Waals surface area contributed by atoms with Gasteiger partial charge in [-0.25, -0.2) is 12.7 Å². The van der Waals surface area contributed by atoms with E-state index in [1.807, 2.05) is 31.2 Å². The number of pyridine rings is 1.